The first-order valence-corrected chi connectivity index (χ1v) is 5.86. The zero-order valence-corrected chi connectivity index (χ0v) is 10.3. The molecule has 1 aliphatic carbocycles. The van der Waals surface area contributed by atoms with E-state index in [4.69, 9.17) is 5.73 Å². The molecule has 2 unspecified atom stereocenters. The zero-order valence-electron chi connectivity index (χ0n) is 10.3. The molecule has 1 fully saturated rings. The van der Waals surface area contributed by atoms with Crippen molar-refractivity contribution in [2.45, 2.75) is 59.0 Å². The number of hydrogen-bond acceptors (Lipinski definition) is 2. The summed E-state index contributed by atoms with van der Waals surface area (Å²) in [5, 5.41) is 3.05. The molecule has 3 atom stereocenters. The minimum atomic E-state index is -0.409. The fourth-order valence-electron chi connectivity index (χ4n) is 2.02. The maximum atomic E-state index is 11.8. The van der Waals surface area contributed by atoms with Crippen molar-refractivity contribution in [2.24, 2.45) is 17.1 Å². The molecule has 0 bridgehead atoms. The van der Waals surface area contributed by atoms with E-state index in [0.717, 1.165) is 18.8 Å². The molecular formula is C12H24N2O. The number of nitrogens with two attached hydrogens (primary N) is 1. The van der Waals surface area contributed by atoms with E-state index in [1.165, 1.54) is 6.42 Å². The number of carbonyl (C=O) groups is 1. The Balaban J connectivity index is 2.42. The molecule has 1 aliphatic rings. The third kappa shape index (κ3) is 3.49. The van der Waals surface area contributed by atoms with E-state index >= 15 is 0 Å². The van der Waals surface area contributed by atoms with E-state index < -0.39 is 6.04 Å². The number of amides is 1. The summed E-state index contributed by atoms with van der Waals surface area (Å²) in [6.45, 7) is 8.22. The van der Waals surface area contributed by atoms with Crippen molar-refractivity contribution in [2.75, 3.05) is 0 Å². The molecule has 0 heterocycles. The first-order chi connectivity index (χ1) is 6.80. The van der Waals surface area contributed by atoms with Crippen molar-refractivity contribution in [3.8, 4) is 0 Å². The van der Waals surface area contributed by atoms with Gasteiger partial charge in [-0.15, -0.1) is 0 Å². The number of nitrogens with one attached hydrogen (secondary N) is 1. The molecule has 0 radical (unpaired) electrons. The summed E-state index contributed by atoms with van der Waals surface area (Å²) in [5.74, 6) is 0.739. The molecule has 3 heteroatoms. The highest BCUT2D eigenvalue weighted by Gasteiger charge is 2.30. The molecule has 1 amide bonds. The van der Waals surface area contributed by atoms with Crippen LogP contribution in [-0.4, -0.2) is 18.0 Å². The van der Waals surface area contributed by atoms with Crippen LogP contribution in [-0.2, 0) is 4.79 Å². The maximum absolute atomic E-state index is 11.8. The second kappa shape index (κ2) is 4.52. The molecule has 0 aromatic carbocycles. The minimum absolute atomic E-state index is 0.00148. The lowest BCUT2D eigenvalue weighted by atomic mass is 9.87. The third-order valence-electron chi connectivity index (χ3n) is 3.26. The zero-order chi connectivity index (χ0) is 11.6. The van der Waals surface area contributed by atoms with Crippen molar-refractivity contribution in [3.05, 3.63) is 0 Å². The molecule has 0 aliphatic heterocycles. The number of carbonyl (C=O) groups excluding carboxylic acids is 1. The van der Waals surface area contributed by atoms with Crippen LogP contribution in [0.25, 0.3) is 0 Å². The van der Waals surface area contributed by atoms with E-state index in [-0.39, 0.29) is 11.3 Å². The Labute approximate surface area is 92.8 Å². The van der Waals surface area contributed by atoms with Gasteiger partial charge in [-0.2, -0.15) is 0 Å². The number of rotatable bonds is 2. The summed E-state index contributed by atoms with van der Waals surface area (Å²) < 4.78 is 0. The van der Waals surface area contributed by atoms with Crippen molar-refractivity contribution < 1.29 is 4.79 Å². The van der Waals surface area contributed by atoms with Crippen LogP contribution in [0.5, 0.6) is 0 Å². The first kappa shape index (κ1) is 12.5. The summed E-state index contributed by atoms with van der Waals surface area (Å²) in [6.07, 6.45) is 3.42. The van der Waals surface area contributed by atoms with Gasteiger partial charge in [-0.1, -0.05) is 27.7 Å². The second-order valence-corrected chi connectivity index (χ2v) is 5.97. The number of hydrogen-bond donors (Lipinski definition) is 2. The van der Waals surface area contributed by atoms with Crippen LogP contribution in [0.2, 0.25) is 0 Å². The smallest absolute Gasteiger partial charge is 0.237 e. The molecule has 0 saturated heterocycles. The molecule has 0 spiro atoms. The average Bonchev–Trinajstić information content (AvgIpc) is 2.48. The highest BCUT2D eigenvalue weighted by Crippen LogP contribution is 2.25. The van der Waals surface area contributed by atoms with Gasteiger partial charge in [0.15, 0.2) is 0 Å². The molecule has 1 rings (SSSR count). The van der Waals surface area contributed by atoms with Crippen LogP contribution in [0, 0.1) is 11.3 Å². The molecule has 1 saturated carbocycles. The van der Waals surface area contributed by atoms with Gasteiger partial charge in [-0.25, -0.2) is 0 Å². The fourth-order valence-corrected chi connectivity index (χ4v) is 2.02. The summed E-state index contributed by atoms with van der Waals surface area (Å²) in [7, 11) is 0. The van der Waals surface area contributed by atoms with E-state index in [9.17, 15) is 4.79 Å². The topological polar surface area (TPSA) is 55.1 Å². The van der Waals surface area contributed by atoms with Crippen LogP contribution in [0.15, 0.2) is 0 Å². The van der Waals surface area contributed by atoms with Gasteiger partial charge >= 0.3 is 0 Å². The Kier molecular flexibility index (Phi) is 3.77. The molecule has 15 heavy (non-hydrogen) atoms. The predicted octanol–water partition coefficient (Wildman–Crippen LogP) is 1.66. The van der Waals surface area contributed by atoms with Gasteiger partial charge in [0.25, 0.3) is 0 Å². The predicted molar refractivity (Wildman–Crippen MR) is 62.4 cm³/mol. The van der Waals surface area contributed by atoms with Crippen LogP contribution in [0.3, 0.4) is 0 Å². The summed E-state index contributed by atoms with van der Waals surface area (Å²) in [6, 6.07) is -0.0608. The van der Waals surface area contributed by atoms with Crippen LogP contribution < -0.4 is 11.1 Å². The first-order valence-electron chi connectivity index (χ1n) is 5.86. The van der Waals surface area contributed by atoms with Crippen molar-refractivity contribution in [1.82, 2.24) is 5.32 Å². The van der Waals surface area contributed by atoms with Gasteiger partial charge in [0.05, 0.1) is 6.04 Å². The fraction of sp³-hybridized carbons (Fsp3) is 0.917. The summed E-state index contributed by atoms with van der Waals surface area (Å²) in [5.41, 5.74) is 5.74. The minimum Gasteiger partial charge on any atom is -0.352 e. The lowest BCUT2D eigenvalue weighted by molar-refractivity contribution is -0.125. The van der Waals surface area contributed by atoms with Crippen molar-refractivity contribution >= 4 is 5.91 Å². The summed E-state index contributed by atoms with van der Waals surface area (Å²) >= 11 is 0. The Morgan fingerprint density at radius 1 is 1.40 bits per heavy atom. The monoisotopic (exact) mass is 212 g/mol. The lowest BCUT2D eigenvalue weighted by Gasteiger charge is -2.27. The third-order valence-corrected chi connectivity index (χ3v) is 3.26. The molecular weight excluding hydrogens is 188 g/mol. The van der Waals surface area contributed by atoms with Crippen molar-refractivity contribution in [1.29, 1.82) is 0 Å². The molecule has 0 aromatic rings. The van der Waals surface area contributed by atoms with Crippen LogP contribution >= 0.6 is 0 Å². The van der Waals surface area contributed by atoms with Crippen LogP contribution in [0.4, 0.5) is 0 Å². The Bertz CT molecular complexity index is 232. The van der Waals surface area contributed by atoms with Gasteiger partial charge in [0, 0.05) is 6.04 Å². The highest BCUT2D eigenvalue weighted by molar-refractivity contribution is 5.82. The molecule has 0 aromatic heterocycles. The van der Waals surface area contributed by atoms with Gasteiger partial charge in [0.2, 0.25) is 5.91 Å². The van der Waals surface area contributed by atoms with E-state index in [1.807, 2.05) is 20.8 Å². The standard InChI is InChI=1S/C12H24N2O/c1-8-5-6-9(7-8)14-11(15)10(13)12(2,3)4/h8-10H,5-7,13H2,1-4H3,(H,14,15)/t8?,9?,10-/m0/s1. The van der Waals surface area contributed by atoms with Crippen molar-refractivity contribution in [3.63, 3.8) is 0 Å². The quantitative estimate of drug-likeness (QED) is 0.731. The second-order valence-electron chi connectivity index (χ2n) is 5.97. The Morgan fingerprint density at radius 2 is 2.00 bits per heavy atom. The highest BCUT2D eigenvalue weighted by atomic mass is 16.2. The van der Waals surface area contributed by atoms with E-state index in [0.29, 0.717) is 6.04 Å². The van der Waals surface area contributed by atoms with Gasteiger partial charge < -0.3 is 11.1 Å². The van der Waals surface area contributed by atoms with Crippen LogP contribution in [0.1, 0.15) is 47.0 Å². The summed E-state index contributed by atoms with van der Waals surface area (Å²) in [4.78, 5) is 11.8. The largest absolute Gasteiger partial charge is 0.352 e. The Hall–Kier alpha value is -0.570. The van der Waals surface area contributed by atoms with E-state index in [2.05, 4.69) is 12.2 Å². The average molecular weight is 212 g/mol. The molecule has 3 nitrogen and oxygen atoms in total. The maximum Gasteiger partial charge on any atom is 0.237 e. The molecule has 3 N–H and O–H groups in total. The SMILES string of the molecule is CC1CCC(NC(=O)[C@H](N)C(C)(C)C)C1. The lowest BCUT2D eigenvalue weighted by Crippen LogP contribution is -2.50. The normalized spacial score (nSPS) is 28.9. The van der Waals surface area contributed by atoms with E-state index in [1.54, 1.807) is 0 Å². The molecule has 88 valence electrons. The van der Waals surface area contributed by atoms with Gasteiger partial charge in [0.1, 0.15) is 0 Å². The van der Waals surface area contributed by atoms with Gasteiger partial charge in [-0.05, 0) is 30.6 Å². The van der Waals surface area contributed by atoms with Gasteiger partial charge in [-0.3, -0.25) is 4.79 Å². The Morgan fingerprint density at radius 3 is 2.40 bits per heavy atom.